The van der Waals surface area contributed by atoms with E-state index in [0.717, 1.165) is 28.9 Å². The van der Waals surface area contributed by atoms with Crippen LogP contribution in [0.15, 0.2) is 102 Å². The van der Waals surface area contributed by atoms with Crippen molar-refractivity contribution in [3.8, 4) is 5.69 Å². The topological polar surface area (TPSA) is 93.1 Å². The molecule has 34 heavy (non-hydrogen) atoms. The van der Waals surface area contributed by atoms with Crippen LogP contribution in [0.2, 0.25) is 0 Å². The number of hydrogen-bond acceptors (Lipinski definition) is 4. The van der Waals surface area contributed by atoms with E-state index in [4.69, 9.17) is 0 Å². The molecule has 1 amide bonds. The minimum absolute atomic E-state index is 0.101. The maximum absolute atomic E-state index is 14.1. The molecule has 0 radical (unpaired) electrons. The number of nitrogens with zero attached hydrogens (tertiary/aromatic N) is 2. The summed E-state index contributed by atoms with van der Waals surface area (Å²) in [5, 5.41) is 7.06. The van der Waals surface area contributed by atoms with Crippen molar-refractivity contribution in [1.82, 2.24) is 19.8 Å². The van der Waals surface area contributed by atoms with Gasteiger partial charge in [-0.05, 0) is 36.2 Å². The van der Waals surface area contributed by atoms with Crippen LogP contribution in [0.1, 0.15) is 11.1 Å². The standard InChI is InChI=1S/C25H23FN4O3S/c26-22-13-7-8-14-24(22)34(32,33)29-23(15-19-9-3-1-4-10-19)25(31)27-16-20-17-28-30(18-20)21-11-5-2-6-12-21/h1-14,17-18,23,29H,15-16H2,(H,27,31)/t23-/m0/s1. The lowest BCUT2D eigenvalue weighted by Gasteiger charge is -2.19. The summed E-state index contributed by atoms with van der Waals surface area (Å²) in [6.07, 6.45) is 3.51. The van der Waals surface area contributed by atoms with Crippen molar-refractivity contribution in [3.05, 3.63) is 114 Å². The predicted octanol–water partition coefficient (Wildman–Crippen LogP) is 3.22. The van der Waals surface area contributed by atoms with Crippen molar-refractivity contribution in [2.75, 3.05) is 0 Å². The van der Waals surface area contributed by atoms with E-state index >= 15 is 0 Å². The quantitative estimate of drug-likeness (QED) is 0.386. The second-order valence-corrected chi connectivity index (χ2v) is 9.32. The van der Waals surface area contributed by atoms with Crippen LogP contribution in [-0.2, 0) is 27.8 Å². The highest BCUT2D eigenvalue weighted by atomic mass is 32.2. The maximum atomic E-state index is 14.1. The predicted molar refractivity (Wildman–Crippen MR) is 126 cm³/mol. The Morgan fingerprint density at radius 3 is 2.26 bits per heavy atom. The highest BCUT2D eigenvalue weighted by Crippen LogP contribution is 2.15. The molecule has 4 aromatic rings. The van der Waals surface area contributed by atoms with E-state index in [1.807, 2.05) is 36.4 Å². The fourth-order valence-electron chi connectivity index (χ4n) is 3.44. The van der Waals surface area contributed by atoms with E-state index < -0.39 is 32.7 Å². The molecule has 9 heteroatoms. The molecule has 174 valence electrons. The Hall–Kier alpha value is -3.82. The third-order valence-electron chi connectivity index (χ3n) is 5.15. The largest absolute Gasteiger partial charge is 0.351 e. The van der Waals surface area contributed by atoms with Gasteiger partial charge in [-0.25, -0.2) is 17.5 Å². The van der Waals surface area contributed by atoms with Gasteiger partial charge >= 0.3 is 0 Å². The Morgan fingerprint density at radius 2 is 1.56 bits per heavy atom. The number of hydrogen-bond donors (Lipinski definition) is 2. The first-order chi connectivity index (χ1) is 16.4. The van der Waals surface area contributed by atoms with Gasteiger partial charge in [0.25, 0.3) is 0 Å². The molecule has 0 aliphatic rings. The van der Waals surface area contributed by atoms with Crippen LogP contribution in [0.5, 0.6) is 0 Å². The second-order valence-electron chi connectivity index (χ2n) is 7.64. The minimum Gasteiger partial charge on any atom is -0.351 e. The molecule has 0 saturated heterocycles. The lowest BCUT2D eigenvalue weighted by atomic mass is 10.1. The zero-order valence-electron chi connectivity index (χ0n) is 18.1. The van der Waals surface area contributed by atoms with E-state index in [0.29, 0.717) is 0 Å². The summed E-state index contributed by atoms with van der Waals surface area (Å²) >= 11 is 0. The van der Waals surface area contributed by atoms with Crippen LogP contribution in [0.25, 0.3) is 5.69 Å². The van der Waals surface area contributed by atoms with Crippen molar-refractivity contribution >= 4 is 15.9 Å². The molecule has 0 aliphatic carbocycles. The fourth-order valence-corrected chi connectivity index (χ4v) is 4.71. The molecule has 2 N–H and O–H groups in total. The maximum Gasteiger partial charge on any atom is 0.244 e. The molecule has 7 nitrogen and oxygen atoms in total. The smallest absolute Gasteiger partial charge is 0.244 e. The monoisotopic (exact) mass is 478 g/mol. The van der Waals surface area contributed by atoms with Gasteiger partial charge in [0.1, 0.15) is 16.8 Å². The molecule has 0 aliphatic heterocycles. The molecule has 1 atom stereocenters. The van der Waals surface area contributed by atoms with Gasteiger partial charge in [-0.15, -0.1) is 0 Å². The summed E-state index contributed by atoms with van der Waals surface area (Å²) in [5.74, 6) is -1.42. The van der Waals surface area contributed by atoms with Gasteiger partial charge in [0.05, 0.1) is 11.9 Å². The highest BCUT2D eigenvalue weighted by Gasteiger charge is 2.27. The SMILES string of the molecule is O=C(NCc1cnn(-c2ccccc2)c1)[C@H](Cc1ccccc1)NS(=O)(=O)c1ccccc1F. The van der Waals surface area contributed by atoms with Crippen LogP contribution >= 0.6 is 0 Å². The number of aromatic nitrogens is 2. The Morgan fingerprint density at radius 1 is 0.912 bits per heavy atom. The van der Waals surface area contributed by atoms with Crippen LogP contribution in [0, 0.1) is 5.82 Å². The number of nitrogens with one attached hydrogen (secondary N) is 2. The Kier molecular flexibility index (Phi) is 7.15. The first-order valence-electron chi connectivity index (χ1n) is 10.6. The summed E-state index contributed by atoms with van der Waals surface area (Å²) < 4.78 is 43.9. The molecule has 0 bridgehead atoms. The van der Waals surface area contributed by atoms with Crippen molar-refractivity contribution < 1.29 is 17.6 Å². The van der Waals surface area contributed by atoms with Gasteiger partial charge in [0.2, 0.25) is 15.9 Å². The van der Waals surface area contributed by atoms with E-state index in [9.17, 15) is 17.6 Å². The van der Waals surface area contributed by atoms with Crippen LogP contribution in [-0.4, -0.2) is 30.1 Å². The Labute approximate surface area is 197 Å². The van der Waals surface area contributed by atoms with Gasteiger partial charge in [0, 0.05) is 18.3 Å². The van der Waals surface area contributed by atoms with Gasteiger partial charge in [-0.3, -0.25) is 4.79 Å². The molecule has 0 unspecified atom stereocenters. The first-order valence-corrected chi connectivity index (χ1v) is 12.1. The fraction of sp³-hybridized carbons (Fsp3) is 0.120. The van der Waals surface area contributed by atoms with Crippen molar-refractivity contribution in [2.24, 2.45) is 0 Å². The number of para-hydroxylation sites is 1. The average molecular weight is 479 g/mol. The molecular weight excluding hydrogens is 455 g/mol. The van der Waals surface area contributed by atoms with Crippen LogP contribution in [0.3, 0.4) is 0 Å². The lowest BCUT2D eigenvalue weighted by molar-refractivity contribution is -0.122. The van der Waals surface area contributed by atoms with Crippen molar-refractivity contribution in [1.29, 1.82) is 0 Å². The summed E-state index contributed by atoms with van der Waals surface area (Å²) in [6.45, 7) is 0.151. The van der Waals surface area contributed by atoms with Gasteiger partial charge in [-0.2, -0.15) is 9.82 Å². The number of carbonyl (C=O) groups excluding carboxylic acids is 1. The number of carbonyl (C=O) groups is 1. The number of sulfonamides is 1. The zero-order valence-corrected chi connectivity index (χ0v) is 19.0. The summed E-state index contributed by atoms with van der Waals surface area (Å²) in [7, 11) is -4.27. The average Bonchev–Trinajstić information content (AvgIpc) is 3.32. The number of benzene rings is 3. The first kappa shape index (κ1) is 23.3. The zero-order chi connectivity index (χ0) is 24.0. The molecule has 4 rings (SSSR count). The van der Waals surface area contributed by atoms with Gasteiger partial charge in [-0.1, -0.05) is 60.7 Å². The molecule has 0 spiro atoms. The molecule has 0 fully saturated rings. The van der Waals surface area contributed by atoms with Crippen LogP contribution in [0.4, 0.5) is 4.39 Å². The number of rotatable bonds is 9. The second kappa shape index (κ2) is 10.4. The number of amides is 1. The lowest BCUT2D eigenvalue weighted by Crippen LogP contribution is -2.47. The molecule has 0 saturated carbocycles. The summed E-state index contributed by atoms with van der Waals surface area (Å²) in [4.78, 5) is 12.5. The summed E-state index contributed by atoms with van der Waals surface area (Å²) in [5.41, 5.74) is 2.38. The molecule has 3 aromatic carbocycles. The van der Waals surface area contributed by atoms with E-state index in [1.54, 1.807) is 41.3 Å². The van der Waals surface area contributed by atoms with E-state index in [-0.39, 0.29) is 13.0 Å². The third-order valence-corrected chi connectivity index (χ3v) is 6.65. The van der Waals surface area contributed by atoms with Gasteiger partial charge < -0.3 is 5.32 Å². The molecule has 1 heterocycles. The Bertz CT molecular complexity index is 1360. The van der Waals surface area contributed by atoms with E-state index in [2.05, 4.69) is 15.1 Å². The number of halogens is 1. The summed E-state index contributed by atoms with van der Waals surface area (Å²) in [6, 6.07) is 22.4. The highest BCUT2D eigenvalue weighted by molar-refractivity contribution is 7.89. The van der Waals surface area contributed by atoms with E-state index in [1.165, 1.54) is 12.1 Å². The normalized spacial score (nSPS) is 12.3. The van der Waals surface area contributed by atoms with Crippen molar-refractivity contribution in [2.45, 2.75) is 23.9 Å². The molecular formula is C25H23FN4O3S. The Balaban J connectivity index is 1.50. The van der Waals surface area contributed by atoms with Crippen molar-refractivity contribution in [3.63, 3.8) is 0 Å². The minimum atomic E-state index is -4.27. The molecule has 1 aromatic heterocycles. The van der Waals surface area contributed by atoms with Crippen LogP contribution < -0.4 is 10.0 Å². The van der Waals surface area contributed by atoms with Gasteiger partial charge in [0.15, 0.2) is 0 Å². The third kappa shape index (κ3) is 5.75.